The predicted molar refractivity (Wildman–Crippen MR) is 80.5 cm³/mol. The summed E-state index contributed by atoms with van der Waals surface area (Å²) in [5.74, 6) is 0.125. The van der Waals surface area contributed by atoms with Crippen LogP contribution in [0.25, 0.3) is 0 Å². The molecule has 0 aliphatic carbocycles. The van der Waals surface area contributed by atoms with Crippen molar-refractivity contribution in [2.45, 2.75) is 26.2 Å². The number of hydrogen-bond donors (Lipinski definition) is 1. The van der Waals surface area contributed by atoms with Gasteiger partial charge in [0, 0.05) is 17.7 Å². The number of carbonyl (C=O) groups is 2. The number of amides is 1. The Morgan fingerprint density at radius 2 is 2.15 bits per heavy atom. The fourth-order valence-corrected chi connectivity index (χ4v) is 3.43. The van der Waals surface area contributed by atoms with Crippen LogP contribution < -0.4 is 5.32 Å². The van der Waals surface area contributed by atoms with E-state index in [-0.39, 0.29) is 11.7 Å². The van der Waals surface area contributed by atoms with Gasteiger partial charge in [-0.1, -0.05) is 6.92 Å². The lowest BCUT2D eigenvalue weighted by Crippen LogP contribution is -2.19. The van der Waals surface area contributed by atoms with E-state index in [1.165, 1.54) is 11.3 Å². The fraction of sp³-hybridized carbons (Fsp3) is 0.250. The Labute approximate surface area is 121 Å². The maximum atomic E-state index is 12.6. The molecule has 2 heterocycles. The van der Waals surface area contributed by atoms with Crippen molar-refractivity contribution in [1.29, 1.82) is 0 Å². The maximum absolute atomic E-state index is 12.6. The van der Waals surface area contributed by atoms with Crippen LogP contribution in [-0.2, 0) is 17.6 Å². The number of fused-ring (bicyclic) bond motifs is 1. The molecule has 4 heteroatoms. The summed E-state index contributed by atoms with van der Waals surface area (Å²) < 4.78 is 0. The second kappa shape index (κ2) is 5.21. The van der Waals surface area contributed by atoms with Gasteiger partial charge < -0.3 is 5.32 Å². The van der Waals surface area contributed by atoms with Gasteiger partial charge in [-0.05, 0) is 53.6 Å². The van der Waals surface area contributed by atoms with Crippen molar-refractivity contribution < 1.29 is 9.59 Å². The van der Waals surface area contributed by atoms with Crippen molar-refractivity contribution in [2.24, 2.45) is 0 Å². The fourth-order valence-electron chi connectivity index (χ4n) is 2.47. The summed E-state index contributed by atoms with van der Waals surface area (Å²) in [5.41, 5.74) is 3.69. The van der Waals surface area contributed by atoms with Gasteiger partial charge in [-0.25, -0.2) is 0 Å². The summed E-state index contributed by atoms with van der Waals surface area (Å²) in [6.45, 7) is 2.06. The van der Waals surface area contributed by atoms with E-state index in [9.17, 15) is 9.59 Å². The molecule has 0 spiro atoms. The molecule has 1 aromatic carbocycles. The van der Waals surface area contributed by atoms with Crippen molar-refractivity contribution in [2.75, 3.05) is 5.32 Å². The zero-order chi connectivity index (χ0) is 14.1. The lowest BCUT2D eigenvalue weighted by atomic mass is 9.97. The molecule has 1 N–H and O–H groups in total. The van der Waals surface area contributed by atoms with Gasteiger partial charge in [0.1, 0.15) is 0 Å². The van der Waals surface area contributed by atoms with Crippen LogP contribution in [0.4, 0.5) is 5.69 Å². The number of carbonyl (C=O) groups excluding carboxylic acids is 2. The average molecular weight is 285 g/mol. The Hall–Kier alpha value is -1.94. The minimum atomic E-state index is 0.0445. The quantitative estimate of drug-likeness (QED) is 0.878. The molecule has 3 rings (SSSR count). The van der Waals surface area contributed by atoms with Crippen LogP contribution >= 0.6 is 11.3 Å². The molecular formula is C16H15NO2S. The van der Waals surface area contributed by atoms with E-state index < -0.39 is 0 Å². The number of rotatable bonds is 3. The van der Waals surface area contributed by atoms with Crippen molar-refractivity contribution >= 4 is 28.7 Å². The number of nitrogens with one attached hydrogen (secondary N) is 1. The first-order valence-electron chi connectivity index (χ1n) is 6.73. The van der Waals surface area contributed by atoms with Crippen LogP contribution in [0, 0.1) is 0 Å². The summed E-state index contributed by atoms with van der Waals surface area (Å²) in [6, 6.07) is 7.55. The topological polar surface area (TPSA) is 46.2 Å². The highest BCUT2D eigenvalue weighted by Gasteiger charge is 2.19. The van der Waals surface area contributed by atoms with Crippen LogP contribution in [0.2, 0.25) is 0 Å². The molecule has 3 nitrogen and oxygen atoms in total. The SMILES string of the molecule is CCc1ccsc1C(=O)c1ccc2c(c1)CCC(=O)N2. The summed E-state index contributed by atoms with van der Waals surface area (Å²) in [7, 11) is 0. The molecule has 1 aliphatic heterocycles. The van der Waals surface area contributed by atoms with Crippen LogP contribution in [0.5, 0.6) is 0 Å². The van der Waals surface area contributed by atoms with Crippen LogP contribution in [0.15, 0.2) is 29.6 Å². The van der Waals surface area contributed by atoms with Gasteiger partial charge in [-0.3, -0.25) is 9.59 Å². The molecule has 0 radical (unpaired) electrons. The van der Waals surface area contributed by atoms with E-state index in [1.807, 2.05) is 23.6 Å². The summed E-state index contributed by atoms with van der Waals surface area (Å²) in [5, 5.41) is 4.80. The zero-order valence-electron chi connectivity index (χ0n) is 11.2. The molecule has 0 bridgehead atoms. The van der Waals surface area contributed by atoms with Gasteiger partial charge in [-0.15, -0.1) is 11.3 Å². The Morgan fingerprint density at radius 1 is 1.30 bits per heavy atom. The third kappa shape index (κ3) is 2.27. The summed E-state index contributed by atoms with van der Waals surface area (Å²) in [4.78, 5) is 24.7. The largest absolute Gasteiger partial charge is 0.326 e. The van der Waals surface area contributed by atoms with E-state index in [4.69, 9.17) is 0 Å². The minimum Gasteiger partial charge on any atom is -0.326 e. The van der Waals surface area contributed by atoms with Crippen molar-refractivity contribution in [3.63, 3.8) is 0 Å². The number of aryl methyl sites for hydroxylation is 2. The Balaban J connectivity index is 1.95. The molecule has 1 amide bonds. The van der Waals surface area contributed by atoms with Crippen molar-refractivity contribution in [3.8, 4) is 0 Å². The zero-order valence-corrected chi connectivity index (χ0v) is 12.0. The van der Waals surface area contributed by atoms with E-state index in [2.05, 4.69) is 12.2 Å². The van der Waals surface area contributed by atoms with E-state index in [0.29, 0.717) is 18.4 Å². The number of benzene rings is 1. The van der Waals surface area contributed by atoms with Crippen LogP contribution in [0.1, 0.15) is 39.7 Å². The summed E-state index contributed by atoms with van der Waals surface area (Å²) >= 11 is 1.50. The highest BCUT2D eigenvalue weighted by atomic mass is 32.1. The van der Waals surface area contributed by atoms with E-state index in [0.717, 1.165) is 28.1 Å². The number of thiophene rings is 1. The molecule has 0 atom stereocenters. The molecule has 0 unspecified atom stereocenters. The van der Waals surface area contributed by atoms with Crippen molar-refractivity contribution in [1.82, 2.24) is 0 Å². The van der Waals surface area contributed by atoms with Crippen molar-refractivity contribution in [3.05, 3.63) is 51.2 Å². The second-order valence-corrected chi connectivity index (χ2v) is 5.79. The first kappa shape index (κ1) is 13.1. The second-order valence-electron chi connectivity index (χ2n) is 4.88. The molecular weight excluding hydrogens is 270 g/mol. The molecule has 102 valence electrons. The van der Waals surface area contributed by atoms with Gasteiger partial charge in [-0.2, -0.15) is 0 Å². The number of ketones is 1. The maximum Gasteiger partial charge on any atom is 0.224 e. The molecule has 0 saturated carbocycles. The molecule has 0 saturated heterocycles. The predicted octanol–water partition coefficient (Wildman–Crippen LogP) is 3.43. The Bertz CT molecular complexity index is 688. The smallest absolute Gasteiger partial charge is 0.224 e. The minimum absolute atomic E-state index is 0.0445. The third-order valence-corrected chi connectivity index (χ3v) is 4.55. The molecule has 1 aliphatic rings. The first-order chi connectivity index (χ1) is 9.69. The standard InChI is InChI=1S/C16H15NO2S/c1-2-10-7-8-20-16(10)15(19)12-3-5-13-11(9-12)4-6-14(18)17-13/h3,5,7-9H,2,4,6H2,1H3,(H,17,18). The highest BCUT2D eigenvalue weighted by Crippen LogP contribution is 2.27. The monoisotopic (exact) mass is 285 g/mol. The van der Waals surface area contributed by atoms with Crippen LogP contribution in [0.3, 0.4) is 0 Å². The average Bonchev–Trinajstić information content (AvgIpc) is 2.94. The highest BCUT2D eigenvalue weighted by molar-refractivity contribution is 7.12. The van der Waals surface area contributed by atoms with Gasteiger partial charge in [0.2, 0.25) is 11.7 Å². The first-order valence-corrected chi connectivity index (χ1v) is 7.61. The van der Waals surface area contributed by atoms with Gasteiger partial charge in [0.05, 0.1) is 4.88 Å². The van der Waals surface area contributed by atoms with E-state index >= 15 is 0 Å². The van der Waals surface area contributed by atoms with E-state index in [1.54, 1.807) is 6.07 Å². The lowest BCUT2D eigenvalue weighted by molar-refractivity contribution is -0.116. The molecule has 2 aromatic rings. The summed E-state index contributed by atoms with van der Waals surface area (Å²) in [6.07, 6.45) is 2.06. The Morgan fingerprint density at radius 3 is 2.95 bits per heavy atom. The van der Waals surface area contributed by atoms with Gasteiger partial charge in [0.15, 0.2) is 0 Å². The Kier molecular flexibility index (Phi) is 3.40. The van der Waals surface area contributed by atoms with Gasteiger partial charge in [0.25, 0.3) is 0 Å². The lowest BCUT2D eigenvalue weighted by Gasteiger charge is -2.17. The number of anilines is 1. The van der Waals surface area contributed by atoms with Crippen LogP contribution in [-0.4, -0.2) is 11.7 Å². The third-order valence-electron chi connectivity index (χ3n) is 3.60. The number of hydrogen-bond acceptors (Lipinski definition) is 3. The molecule has 1 aromatic heterocycles. The molecule has 0 fully saturated rings. The normalized spacial score (nSPS) is 13.8. The molecule has 20 heavy (non-hydrogen) atoms. The van der Waals surface area contributed by atoms with Gasteiger partial charge >= 0.3 is 0 Å².